The van der Waals surface area contributed by atoms with Gasteiger partial charge in [0.25, 0.3) is 5.91 Å². The molecule has 0 atom stereocenters. The maximum atomic E-state index is 12.4. The Morgan fingerprint density at radius 1 is 1.14 bits per heavy atom. The van der Waals surface area contributed by atoms with Gasteiger partial charge in [-0.15, -0.1) is 0 Å². The molecule has 0 saturated carbocycles. The number of nitrogens with two attached hydrogens (primary N) is 1. The smallest absolute Gasteiger partial charge is 0.263 e. The van der Waals surface area contributed by atoms with Crippen molar-refractivity contribution >= 4 is 28.9 Å². The maximum absolute atomic E-state index is 12.4. The number of amides is 1. The van der Waals surface area contributed by atoms with Crippen LogP contribution in [0.5, 0.6) is 11.5 Å². The average Bonchev–Trinajstić information content (AvgIpc) is 2.49. The number of anilines is 2. The van der Waals surface area contributed by atoms with Gasteiger partial charge in [0.15, 0.2) is 0 Å². The molecule has 2 aromatic rings. The second kappa shape index (κ2) is 6.37. The Morgan fingerprint density at radius 3 is 2.29 bits per heavy atom. The van der Waals surface area contributed by atoms with Crippen LogP contribution in [0.1, 0.15) is 10.4 Å². The van der Waals surface area contributed by atoms with E-state index in [1.807, 2.05) is 0 Å². The van der Waals surface area contributed by atoms with Gasteiger partial charge in [0.1, 0.15) is 17.1 Å². The van der Waals surface area contributed by atoms with E-state index in [1.54, 1.807) is 36.4 Å². The van der Waals surface area contributed by atoms with E-state index in [0.29, 0.717) is 33.5 Å². The summed E-state index contributed by atoms with van der Waals surface area (Å²) in [6.45, 7) is 0. The van der Waals surface area contributed by atoms with Crippen LogP contribution in [0.4, 0.5) is 11.4 Å². The minimum absolute atomic E-state index is 0.301. The number of carbonyl (C=O) groups excluding carboxylic acids is 1. The maximum Gasteiger partial charge on any atom is 0.263 e. The minimum atomic E-state index is -0.379. The van der Waals surface area contributed by atoms with Crippen molar-refractivity contribution in [1.29, 1.82) is 0 Å². The number of halogens is 1. The first kappa shape index (κ1) is 15.0. The average molecular weight is 307 g/mol. The third-order valence-corrected chi connectivity index (χ3v) is 3.21. The molecule has 0 unspecified atom stereocenters. The zero-order valence-corrected chi connectivity index (χ0v) is 12.4. The van der Waals surface area contributed by atoms with Crippen molar-refractivity contribution in [2.24, 2.45) is 0 Å². The Kier molecular flexibility index (Phi) is 4.55. The summed E-state index contributed by atoms with van der Waals surface area (Å²) in [5, 5.41) is 3.08. The first-order valence-corrected chi connectivity index (χ1v) is 6.52. The lowest BCUT2D eigenvalue weighted by molar-refractivity contribution is 0.102. The highest BCUT2D eigenvalue weighted by Gasteiger charge is 2.19. The Hall–Kier alpha value is -2.40. The monoisotopic (exact) mass is 306 g/mol. The van der Waals surface area contributed by atoms with Gasteiger partial charge in [0, 0.05) is 5.69 Å². The number of benzene rings is 2. The number of hydrogen-bond donors (Lipinski definition) is 2. The molecule has 0 aliphatic rings. The fourth-order valence-corrected chi connectivity index (χ4v) is 2.13. The van der Waals surface area contributed by atoms with Gasteiger partial charge in [0.05, 0.1) is 24.9 Å². The highest BCUT2D eigenvalue weighted by molar-refractivity contribution is 6.34. The lowest BCUT2D eigenvalue weighted by Crippen LogP contribution is -2.15. The lowest BCUT2D eigenvalue weighted by atomic mass is 10.1. The molecule has 5 nitrogen and oxygen atoms in total. The number of rotatable bonds is 4. The number of methoxy groups -OCH3 is 2. The first-order chi connectivity index (χ1) is 10.1. The summed E-state index contributed by atoms with van der Waals surface area (Å²) in [7, 11) is 2.98. The number of ether oxygens (including phenoxy) is 2. The summed E-state index contributed by atoms with van der Waals surface area (Å²) in [6.07, 6.45) is 0. The zero-order chi connectivity index (χ0) is 15.4. The number of carbonyl (C=O) groups is 1. The van der Waals surface area contributed by atoms with E-state index in [2.05, 4.69) is 5.32 Å². The van der Waals surface area contributed by atoms with Crippen molar-refractivity contribution in [2.75, 3.05) is 25.3 Å². The molecular weight excluding hydrogens is 292 g/mol. The summed E-state index contributed by atoms with van der Waals surface area (Å²) in [5.74, 6) is 0.452. The molecule has 0 aliphatic heterocycles. The molecule has 0 spiro atoms. The molecule has 1 amide bonds. The molecule has 3 N–H and O–H groups in total. The van der Waals surface area contributed by atoms with Crippen LogP contribution in [0.25, 0.3) is 0 Å². The molecule has 0 aromatic heterocycles. The summed E-state index contributed by atoms with van der Waals surface area (Å²) in [6, 6.07) is 9.96. The van der Waals surface area contributed by atoms with Crippen LogP contribution in [0.2, 0.25) is 5.02 Å². The molecule has 0 bridgehead atoms. The highest BCUT2D eigenvalue weighted by Crippen LogP contribution is 2.30. The van der Waals surface area contributed by atoms with Gasteiger partial charge in [0.2, 0.25) is 0 Å². The largest absolute Gasteiger partial charge is 0.496 e. The predicted octanol–water partition coefficient (Wildman–Crippen LogP) is 3.19. The van der Waals surface area contributed by atoms with Crippen LogP contribution >= 0.6 is 11.6 Å². The van der Waals surface area contributed by atoms with Crippen molar-refractivity contribution < 1.29 is 14.3 Å². The Morgan fingerprint density at radius 2 is 1.76 bits per heavy atom. The third kappa shape index (κ3) is 3.20. The number of nitrogens with one attached hydrogen (secondary N) is 1. The predicted molar refractivity (Wildman–Crippen MR) is 83.4 cm³/mol. The summed E-state index contributed by atoms with van der Waals surface area (Å²) < 4.78 is 10.4. The Labute approximate surface area is 127 Å². The van der Waals surface area contributed by atoms with Crippen LogP contribution < -0.4 is 20.5 Å². The third-order valence-electron chi connectivity index (χ3n) is 2.90. The van der Waals surface area contributed by atoms with E-state index in [0.717, 1.165) is 0 Å². The van der Waals surface area contributed by atoms with Gasteiger partial charge >= 0.3 is 0 Å². The van der Waals surface area contributed by atoms with Crippen LogP contribution in [-0.2, 0) is 0 Å². The second-order valence-corrected chi connectivity index (χ2v) is 4.64. The molecule has 2 aromatic carbocycles. The highest BCUT2D eigenvalue weighted by atomic mass is 35.5. The van der Waals surface area contributed by atoms with Crippen molar-refractivity contribution in [3.8, 4) is 11.5 Å². The van der Waals surface area contributed by atoms with Gasteiger partial charge in [-0.25, -0.2) is 0 Å². The Balaban J connectivity index is 2.36. The fraction of sp³-hybridized carbons (Fsp3) is 0.133. The summed E-state index contributed by atoms with van der Waals surface area (Å²) in [5.41, 5.74) is 6.91. The van der Waals surface area contributed by atoms with Crippen molar-refractivity contribution in [3.63, 3.8) is 0 Å². The van der Waals surface area contributed by atoms with Crippen molar-refractivity contribution in [3.05, 3.63) is 47.0 Å². The molecule has 2 rings (SSSR count). The first-order valence-electron chi connectivity index (χ1n) is 6.14. The standard InChI is InChI=1S/C15H15ClN2O3/c1-20-12-4-3-5-13(21-2)14(12)15(19)18-11-7-6-9(17)8-10(11)16/h3-8H,17H2,1-2H3,(H,18,19). The van der Waals surface area contributed by atoms with Gasteiger partial charge in [-0.3, -0.25) is 4.79 Å². The molecule has 110 valence electrons. The molecule has 0 radical (unpaired) electrons. The second-order valence-electron chi connectivity index (χ2n) is 4.23. The molecule has 0 fully saturated rings. The van der Waals surface area contributed by atoms with Gasteiger partial charge in [-0.2, -0.15) is 0 Å². The van der Waals surface area contributed by atoms with E-state index >= 15 is 0 Å². The van der Waals surface area contributed by atoms with E-state index in [9.17, 15) is 4.79 Å². The number of nitrogen functional groups attached to an aromatic ring is 1. The van der Waals surface area contributed by atoms with Crippen molar-refractivity contribution in [1.82, 2.24) is 0 Å². The van der Waals surface area contributed by atoms with Gasteiger partial charge in [-0.05, 0) is 30.3 Å². The van der Waals surface area contributed by atoms with Crippen LogP contribution in [0, 0.1) is 0 Å². The van der Waals surface area contributed by atoms with Crippen molar-refractivity contribution in [2.45, 2.75) is 0 Å². The van der Waals surface area contributed by atoms with E-state index < -0.39 is 0 Å². The quantitative estimate of drug-likeness (QED) is 0.851. The van der Waals surface area contributed by atoms with Gasteiger partial charge < -0.3 is 20.5 Å². The molecular formula is C15H15ClN2O3. The van der Waals surface area contributed by atoms with Gasteiger partial charge in [-0.1, -0.05) is 17.7 Å². The molecule has 6 heteroatoms. The van der Waals surface area contributed by atoms with Crippen LogP contribution in [-0.4, -0.2) is 20.1 Å². The summed E-state index contributed by atoms with van der Waals surface area (Å²) in [4.78, 5) is 12.4. The fourth-order valence-electron chi connectivity index (χ4n) is 1.89. The molecule has 0 saturated heterocycles. The van der Waals surface area contributed by atoms with Crippen LogP contribution in [0.3, 0.4) is 0 Å². The van der Waals surface area contributed by atoms with Crippen LogP contribution in [0.15, 0.2) is 36.4 Å². The minimum Gasteiger partial charge on any atom is -0.496 e. The normalized spacial score (nSPS) is 10.0. The number of hydrogen-bond acceptors (Lipinski definition) is 4. The Bertz CT molecular complexity index is 652. The van der Waals surface area contributed by atoms with E-state index in [-0.39, 0.29) is 5.91 Å². The van der Waals surface area contributed by atoms with E-state index in [1.165, 1.54) is 14.2 Å². The molecule has 0 heterocycles. The molecule has 21 heavy (non-hydrogen) atoms. The lowest BCUT2D eigenvalue weighted by Gasteiger charge is -2.13. The topological polar surface area (TPSA) is 73.6 Å². The zero-order valence-electron chi connectivity index (χ0n) is 11.6. The summed E-state index contributed by atoms with van der Waals surface area (Å²) >= 11 is 6.05. The SMILES string of the molecule is COc1cccc(OC)c1C(=O)Nc1ccc(N)cc1Cl. The van der Waals surface area contributed by atoms with E-state index in [4.69, 9.17) is 26.8 Å². The molecule has 0 aliphatic carbocycles.